The molecule has 0 saturated heterocycles. The zero-order chi connectivity index (χ0) is 18.0. The molecule has 0 spiro atoms. The van der Waals surface area contributed by atoms with Crippen LogP contribution in [0.25, 0.3) is 22.3 Å². The third-order valence-corrected chi connectivity index (χ3v) is 4.46. The van der Waals surface area contributed by atoms with E-state index < -0.39 is 0 Å². The minimum atomic E-state index is 0.177. The predicted molar refractivity (Wildman–Crippen MR) is 104 cm³/mol. The van der Waals surface area contributed by atoms with Crippen LogP contribution in [0.4, 0.5) is 0 Å². The fourth-order valence-electron chi connectivity index (χ4n) is 2.55. The van der Waals surface area contributed by atoms with Crippen LogP contribution in [0, 0.1) is 11.3 Å². The first-order valence-corrected chi connectivity index (χ1v) is 8.76. The Labute approximate surface area is 165 Å². The average molecular weight is 408 g/mol. The van der Waals surface area contributed by atoms with E-state index in [0.29, 0.717) is 25.8 Å². The molecule has 0 radical (unpaired) electrons. The number of pyridine rings is 1. The van der Waals surface area contributed by atoms with Crippen molar-refractivity contribution in [2.75, 3.05) is 0 Å². The van der Waals surface area contributed by atoms with Crippen molar-refractivity contribution in [2.24, 2.45) is 0 Å². The summed E-state index contributed by atoms with van der Waals surface area (Å²) in [6.07, 6.45) is 1.88. The van der Waals surface area contributed by atoms with E-state index >= 15 is 0 Å². The summed E-state index contributed by atoms with van der Waals surface area (Å²) >= 11 is 24.4. The third kappa shape index (κ3) is 4.26. The SMILES string of the molecule is N#CCc1ncc(-c2cc(Cl)cc(Cl)c2)cc1-c1cc(Cl)cc(Cl)c1. The second-order valence-corrected chi connectivity index (χ2v) is 7.12. The van der Waals surface area contributed by atoms with Crippen LogP contribution in [-0.4, -0.2) is 4.98 Å². The van der Waals surface area contributed by atoms with E-state index in [2.05, 4.69) is 11.1 Å². The molecule has 6 heteroatoms. The first-order chi connectivity index (χ1) is 12.0. The number of aromatic nitrogens is 1. The number of nitriles is 1. The van der Waals surface area contributed by atoms with Gasteiger partial charge in [0.25, 0.3) is 0 Å². The van der Waals surface area contributed by atoms with E-state index in [1.807, 2.05) is 18.2 Å². The average Bonchev–Trinajstić information content (AvgIpc) is 2.53. The zero-order valence-corrected chi connectivity index (χ0v) is 15.8. The van der Waals surface area contributed by atoms with Crippen LogP contribution >= 0.6 is 46.4 Å². The van der Waals surface area contributed by atoms with Gasteiger partial charge in [0.2, 0.25) is 0 Å². The molecule has 0 atom stereocenters. The summed E-state index contributed by atoms with van der Waals surface area (Å²) in [5.74, 6) is 0. The molecule has 0 N–H and O–H groups in total. The Morgan fingerprint density at radius 3 is 1.76 bits per heavy atom. The largest absolute Gasteiger partial charge is 0.259 e. The van der Waals surface area contributed by atoms with Crippen LogP contribution < -0.4 is 0 Å². The van der Waals surface area contributed by atoms with Crippen molar-refractivity contribution in [3.8, 4) is 28.3 Å². The summed E-state index contributed by atoms with van der Waals surface area (Å²) in [6.45, 7) is 0. The van der Waals surface area contributed by atoms with Crippen LogP contribution in [0.2, 0.25) is 20.1 Å². The maximum absolute atomic E-state index is 9.08. The van der Waals surface area contributed by atoms with E-state index in [9.17, 15) is 0 Å². The van der Waals surface area contributed by atoms with Crippen molar-refractivity contribution in [3.63, 3.8) is 0 Å². The summed E-state index contributed by atoms with van der Waals surface area (Å²) < 4.78 is 0. The topological polar surface area (TPSA) is 36.7 Å². The first kappa shape index (κ1) is 18.0. The Balaban J connectivity index is 2.20. The molecule has 3 rings (SSSR count). The monoisotopic (exact) mass is 406 g/mol. The van der Waals surface area contributed by atoms with E-state index in [1.54, 1.807) is 30.5 Å². The van der Waals surface area contributed by atoms with E-state index in [4.69, 9.17) is 51.7 Å². The minimum Gasteiger partial charge on any atom is -0.259 e. The molecule has 25 heavy (non-hydrogen) atoms. The quantitative estimate of drug-likeness (QED) is 0.464. The molecule has 0 bridgehead atoms. The van der Waals surface area contributed by atoms with Gasteiger partial charge in [-0.05, 0) is 53.6 Å². The zero-order valence-electron chi connectivity index (χ0n) is 12.7. The number of nitrogens with zero attached hydrogens (tertiary/aromatic N) is 2. The summed E-state index contributed by atoms with van der Waals surface area (Å²) in [4.78, 5) is 4.44. The molecule has 0 aliphatic rings. The molecule has 0 fully saturated rings. The van der Waals surface area contributed by atoms with Gasteiger partial charge >= 0.3 is 0 Å². The van der Waals surface area contributed by atoms with Crippen molar-refractivity contribution in [3.05, 3.63) is 74.4 Å². The molecule has 124 valence electrons. The Morgan fingerprint density at radius 2 is 1.24 bits per heavy atom. The molecule has 0 amide bonds. The molecule has 2 aromatic carbocycles. The summed E-state index contributed by atoms with van der Waals surface area (Å²) in [7, 11) is 0. The maximum atomic E-state index is 9.08. The lowest BCUT2D eigenvalue weighted by Crippen LogP contribution is -1.95. The van der Waals surface area contributed by atoms with Crippen molar-refractivity contribution in [1.82, 2.24) is 4.98 Å². The van der Waals surface area contributed by atoms with Crippen molar-refractivity contribution in [1.29, 1.82) is 5.26 Å². The first-order valence-electron chi connectivity index (χ1n) is 7.25. The molecular weight excluding hydrogens is 398 g/mol. The van der Waals surface area contributed by atoms with Crippen LogP contribution in [0.5, 0.6) is 0 Å². The van der Waals surface area contributed by atoms with Crippen LogP contribution in [-0.2, 0) is 6.42 Å². The Hall–Kier alpha value is -1.76. The summed E-state index contributed by atoms with van der Waals surface area (Å²) in [5.41, 5.74) is 3.91. The van der Waals surface area contributed by atoms with Crippen LogP contribution in [0.15, 0.2) is 48.7 Å². The van der Waals surface area contributed by atoms with Gasteiger partial charge < -0.3 is 0 Å². The highest BCUT2D eigenvalue weighted by Gasteiger charge is 2.12. The molecule has 2 nitrogen and oxygen atoms in total. The molecule has 0 aliphatic carbocycles. The molecule has 1 heterocycles. The predicted octanol–water partition coefficient (Wildman–Crippen LogP) is 7.10. The van der Waals surface area contributed by atoms with E-state index in [1.165, 1.54) is 0 Å². The lowest BCUT2D eigenvalue weighted by Gasteiger charge is -2.11. The van der Waals surface area contributed by atoms with E-state index in [0.717, 1.165) is 22.3 Å². The van der Waals surface area contributed by atoms with Crippen LogP contribution in [0.1, 0.15) is 5.69 Å². The normalized spacial score (nSPS) is 10.5. The maximum Gasteiger partial charge on any atom is 0.0781 e. The van der Waals surface area contributed by atoms with Gasteiger partial charge in [-0.15, -0.1) is 0 Å². The lowest BCUT2D eigenvalue weighted by molar-refractivity contribution is 1.12. The highest BCUT2D eigenvalue weighted by Crippen LogP contribution is 2.33. The lowest BCUT2D eigenvalue weighted by atomic mass is 9.98. The number of hydrogen-bond donors (Lipinski definition) is 0. The summed E-state index contributed by atoms with van der Waals surface area (Å²) in [5, 5.41) is 11.2. The highest BCUT2D eigenvalue weighted by atomic mass is 35.5. The molecule has 0 aliphatic heterocycles. The van der Waals surface area contributed by atoms with Gasteiger partial charge in [-0.2, -0.15) is 5.26 Å². The van der Waals surface area contributed by atoms with Gasteiger partial charge in [0, 0.05) is 37.4 Å². The number of benzene rings is 2. The second kappa shape index (κ2) is 7.64. The van der Waals surface area contributed by atoms with Crippen LogP contribution in [0.3, 0.4) is 0 Å². The van der Waals surface area contributed by atoms with Gasteiger partial charge in [-0.3, -0.25) is 4.98 Å². The Bertz CT molecular complexity index is 953. The van der Waals surface area contributed by atoms with Gasteiger partial charge in [0.05, 0.1) is 18.2 Å². The fourth-order valence-corrected chi connectivity index (χ4v) is 3.60. The molecular formula is C19H10Cl4N2. The van der Waals surface area contributed by atoms with Gasteiger partial charge in [-0.1, -0.05) is 46.4 Å². The van der Waals surface area contributed by atoms with E-state index in [-0.39, 0.29) is 6.42 Å². The smallest absolute Gasteiger partial charge is 0.0781 e. The Kier molecular flexibility index (Phi) is 5.51. The molecule has 1 aromatic heterocycles. The Morgan fingerprint density at radius 1 is 0.720 bits per heavy atom. The highest BCUT2D eigenvalue weighted by molar-refractivity contribution is 6.35. The number of rotatable bonds is 3. The third-order valence-electron chi connectivity index (χ3n) is 3.59. The fraction of sp³-hybridized carbons (Fsp3) is 0.0526. The number of hydrogen-bond acceptors (Lipinski definition) is 2. The van der Waals surface area contributed by atoms with Gasteiger partial charge in [0.1, 0.15) is 0 Å². The van der Waals surface area contributed by atoms with Gasteiger partial charge in [0.15, 0.2) is 0 Å². The number of halogens is 4. The van der Waals surface area contributed by atoms with Crippen molar-refractivity contribution >= 4 is 46.4 Å². The van der Waals surface area contributed by atoms with Gasteiger partial charge in [-0.25, -0.2) is 0 Å². The molecule has 0 unspecified atom stereocenters. The second-order valence-electron chi connectivity index (χ2n) is 5.37. The summed E-state index contributed by atoms with van der Waals surface area (Å²) in [6, 6.07) is 14.6. The van der Waals surface area contributed by atoms with Crippen molar-refractivity contribution in [2.45, 2.75) is 6.42 Å². The molecule has 0 saturated carbocycles. The minimum absolute atomic E-state index is 0.177. The van der Waals surface area contributed by atoms with Crippen molar-refractivity contribution < 1.29 is 0 Å². The standard InChI is InChI=1S/C19H10Cl4N2/c20-14-3-11(4-15(21)8-14)13-7-18(19(1-2-24)25-10-13)12-5-16(22)9-17(23)6-12/h3-10H,1H2. The molecule has 3 aromatic rings.